The SMILES string of the molecule is NNC(=O)c1nc[nH]c1C(=O)Nc1ccc([N+](=O)[O-])cc1. The molecule has 0 atom stereocenters. The van der Waals surface area contributed by atoms with Crippen molar-refractivity contribution < 1.29 is 14.5 Å². The van der Waals surface area contributed by atoms with Gasteiger partial charge in [-0.1, -0.05) is 0 Å². The van der Waals surface area contributed by atoms with Crippen molar-refractivity contribution in [3.05, 3.63) is 52.1 Å². The van der Waals surface area contributed by atoms with E-state index >= 15 is 0 Å². The monoisotopic (exact) mass is 290 g/mol. The van der Waals surface area contributed by atoms with Crippen LogP contribution in [0.1, 0.15) is 21.0 Å². The van der Waals surface area contributed by atoms with Crippen LogP contribution in [0.25, 0.3) is 0 Å². The number of hydrogen-bond donors (Lipinski definition) is 4. The molecule has 2 amide bonds. The average Bonchev–Trinajstić information content (AvgIpc) is 2.96. The fourth-order valence-electron chi connectivity index (χ4n) is 1.57. The van der Waals surface area contributed by atoms with E-state index in [1.54, 1.807) is 0 Å². The van der Waals surface area contributed by atoms with Gasteiger partial charge in [-0.05, 0) is 12.1 Å². The van der Waals surface area contributed by atoms with Crippen molar-refractivity contribution in [2.75, 3.05) is 5.32 Å². The second-order valence-electron chi connectivity index (χ2n) is 3.86. The highest BCUT2D eigenvalue weighted by molar-refractivity contribution is 6.09. The topological polar surface area (TPSA) is 156 Å². The summed E-state index contributed by atoms with van der Waals surface area (Å²) < 4.78 is 0. The number of hydrazine groups is 1. The molecule has 10 heteroatoms. The molecular formula is C11H10N6O4. The van der Waals surface area contributed by atoms with E-state index in [0.29, 0.717) is 5.69 Å². The average molecular weight is 290 g/mol. The Labute approximate surface area is 117 Å². The summed E-state index contributed by atoms with van der Waals surface area (Å²) in [6, 6.07) is 5.23. The number of aromatic amines is 1. The predicted molar refractivity (Wildman–Crippen MR) is 71.3 cm³/mol. The van der Waals surface area contributed by atoms with Gasteiger partial charge in [0.1, 0.15) is 5.69 Å². The summed E-state index contributed by atoms with van der Waals surface area (Å²) in [6.07, 6.45) is 1.18. The van der Waals surface area contributed by atoms with Gasteiger partial charge in [-0.15, -0.1) is 0 Å². The molecule has 108 valence electrons. The number of imidazole rings is 1. The maximum Gasteiger partial charge on any atom is 0.286 e. The highest BCUT2D eigenvalue weighted by atomic mass is 16.6. The summed E-state index contributed by atoms with van der Waals surface area (Å²) in [4.78, 5) is 39.6. The molecule has 0 spiro atoms. The molecule has 0 aliphatic rings. The van der Waals surface area contributed by atoms with Gasteiger partial charge in [0.2, 0.25) is 0 Å². The minimum absolute atomic E-state index is 0.0729. The predicted octanol–water partition coefficient (Wildman–Crippen LogP) is 0.174. The number of aromatic nitrogens is 2. The van der Waals surface area contributed by atoms with Gasteiger partial charge in [0.15, 0.2) is 5.69 Å². The number of benzene rings is 1. The second-order valence-corrected chi connectivity index (χ2v) is 3.86. The lowest BCUT2D eigenvalue weighted by atomic mass is 10.2. The van der Waals surface area contributed by atoms with E-state index in [2.05, 4.69) is 15.3 Å². The number of nitrogen functional groups attached to an aromatic ring is 1. The molecule has 0 radical (unpaired) electrons. The van der Waals surface area contributed by atoms with Gasteiger partial charge in [-0.3, -0.25) is 25.1 Å². The number of non-ortho nitro benzene ring substituents is 1. The van der Waals surface area contributed by atoms with E-state index in [9.17, 15) is 19.7 Å². The third-order valence-electron chi connectivity index (χ3n) is 2.55. The van der Waals surface area contributed by atoms with Crippen molar-refractivity contribution in [2.24, 2.45) is 5.84 Å². The standard InChI is InChI=1S/C11H10N6O4/c12-16-11(19)9-8(13-5-14-9)10(18)15-6-1-3-7(4-2-6)17(20)21/h1-5H,12H2,(H,13,14)(H,15,18)(H,16,19). The summed E-state index contributed by atoms with van der Waals surface area (Å²) >= 11 is 0. The zero-order valence-corrected chi connectivity index (χ0v) is 10.5. The Balaban J connectivity index is 2.16. The smallest absolute Gasteiger partial charge is 0.286 e. The number of amides is 2. The molecule has 2 rings (SSSR count). The molecule has 0 saturated carbocycles. The van der Waals surface area contributed by atoms with E-state index in [1.165, 1.54) is 30.6 Å². The fourth-order valence-corrected chi connectivity index (χ4v) is 1.57. The zero-order chi connectivity index (χ0) is 15.4. The molecule has 0 aliphatic carbocycles. The summed E-state index contributed by atoms with van der Waals surface area (Å²) in [5.74, 6) is 3.64. The van der Waals surface area contributed by atoms with E-state index in [1.807, 2.05) is 5.43 Å². The quantitative estimate of drug-likeness (QED) is 0.272. The van der Waals surface area contributed by atoms with Crippen LogP contribution in [0.3, 0.4) is 0 Å². The first-order valence-electron chi connectivity index (χ1n) is 5.63. The Morgan fingerprint density at radius 2 is 1.90 bits per heavy atom. The molecule has 1 aromatic heterocycles. The van der Waals surface area contributed by atoms with Gasteiger partial charge < -0.3 is 10.3 Å². The number of H-pyrrole nitrogens is 1. The Bertz CT molecular complexity index is 693. The van der Waals surface area contributed by atoms with Crippen LogP contribution >= 0.6 is 0 Å². The highest BCUT2D eigenvalue weighted by Crippen LogP contribution is 2.16. The van der Waals surface area contributed by atoms with E-state index in [0.717, 1.165) is 0 Å². The first kappa shape index (κ1) is 14.1. The molecule has 0 fully saturated rings. The van der Waals surface area contributed by atoms with Gasteiger partial charge >= 0.3 is 0 Å². The van der Waals surface area contributed by atoms with E-state index < -0.39 is 16.7 Å². The fraction of sp³-hybridized carbons (Fsp3) is 0. The number of nitro groups is 1. The Morgan fingerprint density at radius 3 is 2.48 bits per heavy atom. The molecule has 2 aromatic rings. The molecule has 1 heterocycles. The Kier molecular flexibility index (Phi) is 3.90. The molecule has 0 bridgehead atoms. The van der Waals surface area contributed by atoms with E-state index in [4.69, 9.17) is 5.84 Å². The van der Waals surface area contributed by atoms with Crippen LogP contribution in [0, 0.1) is 10.1 Å². The van der Waals surface area contributed by atoms with Crippen molar-refractivity contribution >= 4 is 23.2 Å². The summed E-state index contributed by atoms with van der Waals surface area (Å²) in [5.41, 5.74) is 1.87. The van der Waals surface area contributed by atoms with E-state index in [-0.39, 0.29) is 17.1 Å². The van der Waals surface area contributed by atoms with Crippen LogP contribution in [0.15, 0.2) is 30.6 Å². The van der Waals surface area contributed by atoms with Gasteiger partial charge in [-0.2, -0.15) is 0 Å². The normalized spacial score (nSPS) is 9.95. The van der Waals surface area contributed by atoms with Gasteiger partial charge in [0.05, 0.1) is 11.3 Å². The van der Waals surface area contributed by atoms with Crippen LogP contribution in [0.4, 0.5) is 11.4 Å². The molecular weight excluding hydrogens is 280 g/mol. The molecule has 5 N–H and O–H groups in total. The van der Waals surface area contributed by atoms with Gasteiger partial charge in [0.25, 0.3) is 17.5 Å². The maximum absolute atomic E-state index is 12.0. The van der Waals surface area contributed by atoms with Crippen molar-refractivity contribution in [3.63, 3.8) is 0 Å². The zero-order valence-electron chi connectivity index (χ0n) is 10.5. The largest absolute Gasteiger partial charge is 0.340 e. The van der Waals surface area contributed by atoms with Gasteiger partial charge in [0, 0.05) is 17.8 Å². The summed E-state index contributed by atoms with van der Waals surface area (Å²) in [7, 11) is 0. The summed E-state index contributed by atoms with van der Waals surface area (Å²) in [6.45, 7) is 0. The third-order valence-corrected chi connectivity index (χ3v) is 2.55. The minimum Gasteiger partial charge on any atom is -0.340 e. The van der Waals surface area contributed by atoms with Crippen LogP contribution < -0.4 is 16.6 Å². The minimum atomic E-state index is -0.718. The molecule has 21 heavy (non-hydrogen) atoms. The third kappa shape index (κ3) is 3.01. The molecule has 1 aromatic carbocycles. The van der Waals surface area contributed by atoms with Crippen LogP contribution in [0.5, 0.6) is 0 Å². The summed E-state index contributed by atoms with van der Waals surface area (Å²) in [5, 5.41) is 13.0. The van der Waals surface area contributed by atoms with Crippen molar-refractivity contribution in [1.29, 1.82) is 0 Å². The lowest BCUT2D eigenvalue weighted by Gasteiger charge is -2.04. The first-order chi connectivity index (χ1) is 10.0. The van der Waals surface area contributed by atoms with Crippen LogP contribution in [-0.2, 0) is 0 Å². The number of anilines is 1. The Hall–Kier alpha value is -3.27. The van der Waals surface area contributed by atoms with Crippen LogP contribution in [0.2, 0.25) is 0 Å². The Morgan fingerprint density at radius 1 is 1.24 bits per heavy atom. The molecule has 10 nitrogen and oxygen atoms in total. The number of nitro benzene ring substituents is 1. The van der Waals surface area contributed by atoms with Gasteiger partial charge in [-0.25, -0.2) is 10.8 Å². The number of nitrogens with two attached hydrogens (primary N) is 1. The number of carbonyl (C=O) groups is 2. The number of rotatable bonds is 4. The lowest BCUT2D eigenvalue weighted by molar-refractivity contribution is -0.384. The van der Waals surface area contributed by atoms with Crippen molar-refractivity contribution in [2.45, 2.75) is 0 Å². The first-order valence-corrected chi connectivity index (χ1v) is 5.63. The second kappa shape index (κ2) is 5.79. The maximum atomic E-state index is 12.0. The number of hydrogen-bond acceptors (Lipinski definition) is 6. The lowest BCUT2D eigenvalue weighted by Crippen LogP contribution is -2.32. The highest BCUT2D eigenvalue weighted by Gasteiger charge is 2.19. The number of carbonyl (C=O) groups excluding carboxylic acids is 2. The van der Waals surface area contributed by atoms with Crippen molar-refractivity contribution in [1.82, 2.24) is 15.4 Å². The number of nitrogens with zero attached hydrogens (tertiary/aromatic N) is 2. The molecule has 0 unspecified atom stereocenters. The molecule has 0 aliphatic heterocycles. The van der Waals surface area contributed by atoms with Crippen LogP contribution in [-0.4, -0.2) is 26.7 Å². The molecule has 0 saturated heterocycles. The van der Waals surface area contributed by atoms with Crippen molar-refractivity contribution in [3.8, 4) is 0 Å². The number of nitrogens with one attached hydrogen (secondary N) is 3.